The molecule has 144 valence electrons. The number of hydrogen-bond donors (Lipinski definition) is 2. The summed E-state index contributed by atoms with van der Waals surface area (Å²) in [5, 5.41) is 14.0. The summed E-state index contributed by atoms with van der Waals surface area (Å²) >= 11 is 0. The predicted molar refractivity (Wildman–Crippen MR) is 100 cm³/mol. The molecule has 0 radical (unpaired) electrons. The fraction of sp³-hybridized carbons (Fsp3) is 0.444. The Bertz CT molecular complexity index is 768. The molecule has 1 aliphatic rings. The first-order chi connectivity index (χ1) is 13.0. The minimum atomic E-state index is -0.608. The van der Waals surface area contributed by atoms with Gasteiger partial charge in [-0.2, -0.15) is 4.98 Å². The second-order valence-corrected chi connectivity index (χ2v) is 6.43. The predicted octanol–water partition coefficient (Wildman–Crippen LogP) is 2.70. The van der Waals surface area contributed by atoms with Gasteiger partial charge in [-0.1, -0.05) is 30.3 Å². The van der Waals surface area contributed by atoms with Gasteiger partial charge in [0.1, 0.15) is 12.3 Å². The van der Waals surface area contributed by atoms with Crippen molar-refractivity contribution < 1.29 is 14.4 Å². The van der Waals surface area contributed by atoms with Crippen LogP contribution in [0.2, 0.25) is 0 Å². The molecule has 2 heterocycles. The largest absolute Gasteiger partial charge is 0.381 e. The van der Waals surface area contributed by atoms with E-state index >= 15 is 0 Å². The van der Waals surface area contributed by atoms with E-state index in [1.807, 2.05) is 37.3 Å². The molecular weight excluding hydrogens is 350 g/mol. The summed E-state index contributed by atoms with van der Waals surface area (Å²) in [5.74, 6) is 0.0495. The number of nitrogen functional groups attached to an aromatic ring is 1. The van der Waals surface area contributed by atoms with Gasteiger partial charge in [0.05, 0.1) is 17.1 Å². The Kier molecular flexibility index (Phi) is 6.15. The van der Waals surface area contributed by atoms with E-state index in [0.717, 1.165) is 24.6 Å². The van der Waals surface area contributed by atoms with Gasteiger partial charge in [-0.15, -0.1) is 0 Å². The van der Waals surface area contributed by atoms with Crippen molar-refractivity contribution in [1.29, 1.82) is 0 Å². The lowest BCUT2D eigenvalue weighted by atomic mass is 10.0. The lowest BCUT2D eigenvalue weighted by Crippen LogP contribution is -2.33. The maximum atomic E-state index is 10.9. The lowest BCUT2D eigenvalue weighted by Gasteiger charge is -2.31. The Morgan fingerprint density at radius 2 is 2.04 bits per heavy atom. The Morgan fingerprint density at radius 3 is 2.67 bits per heavy atom. The molecule has 1 aliphatic heterocycles. The zero-order valence-electron chi connectivity index (χ0n) is 15.1. The van der Waals surface area contributed by atoms with Crippen molar-refractivity contribution in [2.24, 2.45) is 0 Å². The Balaban J connectivity index is 1.77. The smallest absolute Gasteiger partial charge is 0.329 e. The second-order valence-electron chi connectivity index (χ2n) is 6.43. The van der Waals surface area contributed by atoms with Crippen LogP contribution in [0.4, 0.5) is 17.5 Å². The number of anilines is 2. The SMILES string of the molecule is CC(Nc1ncc([N+](=O)[O-])c(N)n1)C(OC1CCOCC1)c1ccccc1. The molecule has 1 aromatic carbocycles. The summed E-state index contributed by atoms with van der Waals surface area (Å²) in [6, 6.07) is 9.70. The van der Waals surface area contributed by atoms with Gasteiger partial charge in [-0.25, -0.2) is 4.98 Å². The maximum Gasteiger partial charge on any atom is 0.329 e. The number of nitrogens with zero attached hydrogens (tertiary/aromatic N) is 3. The molecule has 1 fully saturated rings. The van der Waals surface area contributed by atoms with Crippen LogP contribution in [0.3, 0.4) is 0 Å². The van der Waals surface area contributed by atoms with Gasteiger partial charge >= 0.3 is 5.69 Å². The molecule has 3 N–H and O–H groups in total. The van der Waals surface area contributed by atoms with Crippen molar-refractivity contribution in [2.45, 2.75) is 38.0 Å². The number of nitrogens with two attached hydrogens (primary N) is 1. The van der Waals surface area contributed by atoms with Crippen LogP contribution in [0.25, 0.3) is 0 Å². The van der Waals surface area contributed by atoms with Crippen LogP contribution in [-0.2, 0) is 9.47 Å². The molecule has 2 aromatic rings. The number of nitrogens with one attached hydrogen (secondary N) is 1. The van der Waals surface area contributed by atoms with E-state index in [0.29, 0.717) is 13.2 Å². The number of rotatable bonds is 7. The van der Waals surface area contributed by atoms with Gasteiger partial charge in [0.25, 0.3) is 0 Å². The fourth-order valence-electron chi connectivity index (χ4n) is 3.03. The molecule has 0 bridgehead atoms. The van der Waals surface area contributed by atoms with Gasteiger partial charge in [-0.05, 0) is 25.3 Å². The van der Waals surface area contributed by atoms with Crippen molar-refractivity contribution in [2.75, 3.05) is 24.3 Å². The molecule has 3 rings (SSSR count). The van der Waals surface area contributed by atoms with Crippen molar-refractivity contribution in [3.63, 3.8) is 0 Å². The first-order valence-electron chi connectivity index (χ1n) is 8.86. The normalized spacial score (nSPS) is 17.2. The fourth-order valence-corrected chi connectivity index (χ4v) is 3.03. The average molecular weight is 373 g/mol. The number of hydrogen-bond acceptors (Lipinski definition) is 8. The van der Waals surface area contributed by atoms with E-state index in [-0.39, 0.29) is 35.7 Å². The summed E-state index contributed by atoms with van der Waals surface area (Å²) < 4.78 is 11.8. The Morgan fingerprint density at radius 1 is 1.33 bits per heavy atom. The number of aromatic nitrogens is 2. The van der Waals surface area contributed by atoms with Gasteiger partial charge in [0, 0.05) is 13.2 Å². The standard InChI is InChI=1S/C18H23N5O4/c1-12(21-18-20-11-15(23(24)25)17(19)22-18)16(13-5-3-2-4-6-13)27-14-7-9-26-10-8-14/h2-6,11-12,14,16H,7-10H2,1H3,(H3,19,20,21,22). The van der Waals surface area contributed by atoms with Crippen molar-refractivity contribution in [1.82, 2.24) is 9.97 Å². The molecule has 9 heteroatoms. The lowest BCUT2D eigenvalue weighted by molar-refractivity contribution is -0.384. The monoisotopic (exact) mass is 373 g/mol. The van der Waals surface area contributed by atoms with Crippen LogP contribution >= 0.6 is 0 Å². The zero-order chi connectivity index (χ0) is 19.2. The highest BCUT2D eigenvalue weighted by molar-refractivity contribution is 5.53. The van der Waals surface area contributed by atoms with Crippen LogP contribution < -0.4 is 11.1 Å². The molecule has 0 saturated carbocycles. The molecule has 1 saturated heterocycles. The first-order valence-corrected chi connectivity index (χ1v) is 8.86. The zero-order valence-corrected chi connectivity index (χ0v) is 15.1. The molecule has 2 unspecified atom stereocenters. The van der Waals surface area contributed by atoms with E-state index in [2.05, 4.69) is 15.3 Å². The van der Waals surface area contributed by atoms with E-state index in [9.17, 15) is 10.1 Å². The molecule has 27 heavy (non-hydrogen) atoms. The van der Waals surface area contributed by atoms with Gasteiger partial charge in [-0.3, -0.25) is 10.1 Å². The third-order valence-electron chi connectivity index (χ3n) is 4.44. The highest BCUT2D eigenvalue weighted by Gasteiger charge is 2.26. The highest BCUT2D eigenvalue weighted by Crippen LogP contribution is 2.28. The molecule has 2 atom stereocenters. The van der Waals surface area contributed by atoms with Crippen molar-refractivity contribution in [3.05, 3.63) is 52.2 Å². The number of ether oxygens (including phenoxy) is 2. The van der Waals surface area contributed by atoms with E-state index in [1.165, 1.54) is 0 Å². The first kappa shape index (κ1) is 19.0. The Hall–Kier alpha value is -2.78. The highest BCUT2D eigenvalue weighted by atomic mass is 16.6. The average Bonchev–Trinajstić information content (AvgIpc) is 2.67. The quantitative estimate of drug-likeness (QED) is 0.560. The minimum Gasteiger partial charge on any atom is -0.381 e. The summed E-state index contributed by atoms with van der Waals surface area (Å²) in [4.78, 5) is 18.3. The van der Waals surface area contributed by atoms with Crippen LogP contribution in [0.5, 0.6) is 0 Å². The summed E-state index contributed by atoms with van der Waals surface area (Å²) in [7, 11) is 0. The number of nitro groups is 1. The van der Waals surface area contributed by atoms with E-state index in [1.54, 1.807) is 0 Å². The molecule has 0 amide bonds. The molecule has 0 spiro atoms. The van der Waals surface area contributed by atoms with Crippen molar-refractivity contribution in [3.8, 4) is 0 Å². The van der Waals surface area contributed by atoms with Crippen molar-refractivity contribution >= 4 is 17.5 Å². The van der Waals surface area contributed by atoms with Gasteiger partial charge < -0.3 is 20.5 Å². The van der Waals surface area contributed by atoms with Crippen LogP contribution in [-0.4, -0.2) is 40.3 Å². The third kappa shape index (κ3) is 4.89. The van der Waals surface area contributed by atoms with Crippen LogP contribution in [0.15, 0.2) is 36.5 Å². The summed E-state index contributed by atoms with van der Waals surface area (Å²) in [6.45, 7) is 3.34. The summed E-state index contributed by atoms with van der Waals surface area (Å²) in [5.41, 5.74) is 6.37. The summed E-state index contributed by atoms with van der Waals surface area (Å²) in [6.07, 6.45) is 2.66. The van der Waals surface area contributed by atoms with Gasteiger partial charge in [0.15, 0.2) is 0 Å². The van der Waals surface area contributed by atoms with E-state index in [4.69, 9.17) is 15.2 Å². The molecule has 1 aromatic heterocycles. The Labute approximate surface area is 157 Å². The molecule has 0 aliphatic carbocycles. The molecule has 9 nitrogen and oxygen atoms in total. The maximum absolute atomic E-state index is 10.9. The minimum absolute atomic E-state index is 0.107. The van der Waals surface area contributed by atoms with Crippen LogP contribution in [0.1, 0.15) is 31.4 Å². The topological polar surface area (TPSA) is 125 Å². The molecular formula is C18H23N5O4. The second kappa shape index (κ2) is 8.74. The van der Waals surface area contributed by atoms with E-state index < -0.39 is 4.92 Å². The third-order valence-corrected chi connectivity index (χ3v) is 4.44. The van der Waals surface area contributed by atoms with Gasteiger partial charge in [0.2, 0.25) is 11.8 Å². The van der Waals surface area contributed by atoms with Crippen LogP contribution in [0, 0.1) is 10.1 Å². The number of benzene rings is 1.